The summed E-state index contributed by atoms with van der Waals surface area (Å²) in [5.74, 6) is 0. The van der Waals surface area contributed by atoms with Crippen LogP contribution in [0.1, 0.15) is 0 Å². The predicted octanol–water partition coefficient (Wildman–Crippen LogP) is -0.359. The molecule has 2 radical (unpaired) electrons. The van der Waals surface area contributed by atoms with Crippen molar-refractivity contribution in [1.29, 1.82) is 0 Å². The summed E-state index contributed by atoms with van der Waals surface area (Å²) in [6.45, 7) is 0. The zero-order valence-electron chi connectivity index (χ0n) is 1.54. The summed E-state index contributed by atoms with van der Waals surface area (Å²) >= 11 is 0. The Morgan fingerprint density at radius 3 is 0.750 bits per heavy atom. The van der Waals surface area contributed by atoms with E-state index in [0.29, 0.717) is 0 Å². The maximum atomic E-state index is 0. The van der Waals surface area contributed by atoms with Gasteiger partial charge >= 0.3 is 21.1 Å². The summed E-state index contributed by atoms with van der Waals surface area (Å²) in [5, 5.41) is 0. The van der Waals surface area contributed by atoms with Crippen molar-refractivity contribution < 1.29 is 37.5 Å². The van der Waals surface area contributed by atoms with Gasteiger partial charge in [-0.15, -0.1) is 0 Å². The van der Waals surface area contributed by atoms with Gasteiger partial charge in [-0.1, -0.05) is 0 Å². The summed E-state index contributed by atoms with van der Waals surface area (Å²) in [4.78, 5) is 0. The van der Waals surface area contributed by atoms with Gasteiger partial charge in [0.2, 0.25) is 0 Å². The van der Waals surface area contributed by atoms with Crippen molar-refractivity contribution in [2.24, 2.45) is 0 Å². The Kier molecular flexibility index (Phi) is 3280. The monoisotopic (exact) mass is 243 g/mol. The molecule has 0 atom stereocenters. The molecule has 0 N–H and O–H groups in total. The van der Waals surface area contributed by atoms with Gasteiger partial charge in [-0.05, 0) is 0 Å². The largest absolute Gasteiger partial charge is 4.00 e. The van der Waals surface area contributed by atoms with E-state index in [4.69, 9.17) is 0 Å². The first-order valence-corrected chi connectivity index (χ1v) is 0. The normalized spacial score (nSPS) is 0. The number of hydrogen-bond acceptors (Lipinski definition) is 0. The van der Waals surface area contributed by atoms with Crippen molar-refractivity contribution >= 4 is 0 Å². The van der Waals surface area contributed by atoms with E-state index in [1.165, 1.54) is 0 Å². The van der Waals surface area contributed by atoms with Gasteiger partial charge in [0, 0.05) is 5.48 Å². The molecule has 0 saturated heterocycles. The number of rotatable bonds is 0. The molecule has 4 heteroatoms. The molecule has 0 heterocycles. The summed E-state index contributed by atoms with van der Waals surface area (Å²) in [6, 6.07) is 0. The van der Waals surface area contributed by atoms with Gasteiger partial charge in [-0.2, -0.15) is 0 Å². The SMILES string of the molecule is [O-2].[O-2].[O].[Pt+4]. The third-order valence-corrected chi connectivity index (χ3v) is 0. The third kappa shape index (κ3) is 19.6. The van der Waals surface area contributed by atoms with Crippen LogP contribution in [0.2, 0.25) is 0 Å². The van der Waals surface area contributed by atoms with E-state index in [1.54, 1.807) is 0 Å². The molecular weight excluding hydrogens is 243 g/mol. The first kappa shape index (κ1) is 180. The average Bonchev–Trinajstić information content (AvgIpc) is 0. The fraction of sp³-hybridized carbons (Fsp3) is 0. The second-order valence-corrected chi connectivity index (χ2v) is 0. The van der Waals surface area contributed by atoms with Gasteiger partial charge in [0.1, 0.15) is 0 Å². The van der Waals surface area contributed by atoms with Crippen LogP contribution in [-0.2, 0) is 37.5 Å². The molecule has 0 aromatic rings. The maximum Gasteiger partial charge on any atom is 4.00 e. The van der Waals surface area contributed by atoms with Crippen molar-refractivity contribution in [1.82, 2.24) is 0 Å². The van der Waals surface area contributed by atoms with E-state index in [-0.39, 0.29) is 37.5 Å². The fourth-order valence-electron chi connectivity index (χ4n) is 0. The third-order valence-electron chi connectivity index (χ3n) is 0. The van der Waals surface area contributed by atoms with Crippen LogP contribution in [0.3, 0.4) is 0 Å². The van der Waals surface area contributed by atoms with Crippen LogP contribution in [0.25, 0.3) is 0 Å². The van der Waals surface area contributed by atoms with Crippen LogP contribution in [0, 0.1) is 0 Å². The van der Waals surface area contributed by atoms with Crippen molar-refractivity contribution in [3.8, 4) is 0 Å². The minimum absolute atomic E-state index is 0. The Morgan fingerprint density at radius 1 is 0.750 bits per heavy atom. The van der Waals surface area contributed by atoms with Gasteiger partial charge in [0.05, 0.1) is 0 Å². The molecular formula is O3Pt. The summed E-state index contributed by atoms with van der Waals surface area (Å²) in [6.07, 6.45) is 0. The Morgan fingerprint density at radius 2 is 0.750 bits per heavy atom. The van der Waals surface area contributed by atoms with Gasteiger partial charge in [-0.3, -0.25) is 0 Å². The molecule has 0 aliphatic heterocycles. The van der Waals surface area contributed by atoms with E-state index in [9.17, 15) is 0 Å². The molecule has 0 aliphatic rings. The summed E-state index contributed by atoms with van der Waals surface area (Å²) < 4.78 is 0. The molecule has 28 valence electrons. The molecule has 0 fully saturated rings. The average molecular weight is 243 g/mol. The zero-order chi connectivity index (χ0) is 0. The van der Waals surface area contributed by atoms with Crippen LogP contribution in [0.15, 0.2) is 0 Å². The minimum Gasteiger partial charge on any atom is -2.00 e. The quantitative estimate of drug-likeness (QED) is 0.556. The maximum absolute atomic E-state index is 0. The molecule has 0 bridgehead atoms. The standard InChI is InChI=1S/3O.Pt/q;2*-2;+4. The van der Waals surface area contributed by atoms with Crippen molar-refractivity contribution in [3.63, 3.8) is 0 Å². The summed E-state index contributed by atoms with van der Waals surface area (Å²) in [5.41, 5.74) is 0. The molecule has 0 rings (SSSR count). The molecule has 0 aromatic heterocycles. The Hall–Kier alpha value is 0.568. The molecule has 0 amide bonds. The van der Waals surface area contributed by atoms with E-state index in [0.717, 1.165) is 0 Å². The van der Waals surface area contributed by atoms with Crippen LogP contribution < -0.4 is 0 Å². The number of hydrogen-bond donors (Lipinski definition) is 0. The van der Waals surface area contributed by atoms with E-state index < -0.39 is 0 Å². The molecule has 0 unspecified atom stereocenters. The van der Waals surface area contributed by atoms with Gasteiger partial charge < -0.3 is 11.0 Å². The van der Waals surface area contributed by atoms with E-state index in [1.807, 2.05) is 0 Å². The smallest absolute Gasteiger partial charge is 2.00 e. The Bertz CT molecular complexity index is 3.25. The second kappa shape index (κ2) is 72.9. The topological polar surface area (TPSA) is 85.5 Å². The Balaban J connectivity index is 0. The van der Waals surface area contributed by atoms with Crippen molar-refractivity contribution in [3.05, 3.63) is 0 Å². The molecule has 0 spiro atoms. The summed E-state index contributed by atoms with van der Waals surface area (Å²) in [7, 11) is 0. The fourth-order valence-corrected chi connectivity index (χ4v) is 0. The molecule has 3 nitrogen and oxygen atoms in total. The zero-order valence-corrected chi connectivity index (χ0v) is 3.81. The molecule has 0 aromatic carbocycles. The first-order chi connectivity index (χ1) is 0. The van der Waals surface area contributed by atoms with Crippen LogP contribution in [0.4, 0.5) is 0 Å². The van der Waals surface area contributed by atoms with Gasteiger partial charge in [-0.25, -0.2) is 0 Å². The van der Waals surface area contributed by atoms with E-state index in [2.05, 4.69) is 0 Å². The van der Waals surface area contributed by atoms with Crippen LogP contribution in [0.5, 0.6) is 0 Å². The van der Waals surface area contributed by atoms with Gasteiger partial charge in [0.15, 0.2) is 0 Å². The molecule has 0 aliphatic carbocycles. The predicted molar refractivity (Wildman–Crippen MR) is 2.06 cm³/mol. The van der Waals surface area contributed by atoms with Crippen molar-refractivity contribution in [2.75, 3.05) is 0 Å². The Labute approximate surface area is 38.2 Å². The molecule has 0 saturated carbocycles. The second-order valence-electron chi connectivity index (χ2n) is 0. The van der Waals surface area contributed by atoms with Crippen LogP contribution in [-0.4, -0.2) is 0 Å². The molecule has 4 heavy (non-hydrogen) atoms. The minimum atomic E-state index is 0. The van der Waals surface area contributed by atoms with Crippen LogP contribution >= 0.6 is 0 Å². The first-order valence-electron chi connectivity index (χ1n) is 0. The van der Waals surface area contributed by atoms with Gasteiger partial charge in [0.25, 0.3) is 0 Å². The van der Waals surface area contributed by atoms with E-state index >= 15 is 0 Å². The van der Waals surface area contributed by atoms with Crippen molar-refractivity contribution in [2.45, 2.75) is 0 Å².